The van der Waals surface area contributed by atoms with Crippen LogP contribution in [-0.2, 0) is 14.6 Å². The highest BCUT2D eigenvalue weighted by Crippen LogP contribution is 2.26. The summed E-state index contributed by atoms with van der Waals surface area (Å²) in [5.41, 5.74) is 0. The Kier molecular flexibility index (Phi) is 3.90. The fourth-order valence-electron chi connectivity index (χ4n) is 0.795. The average Bonchev–Trinajstić information content (AvgIpc) is 2.48. The van der Waals surface area contributed by atoms with E-state index < -0.39 is 9.84 Å². The van der Waals surface area contributed by atoms with Gasteiger partial charge in [-0.2, -0.15) is 0 Å². The zero-order chi connectivity index (χ0) is 9.90. The third-order valence-electron chi connectivity index (χ3n) is 1.47. The zero-order valence-electron chi connectivity index (χ0n) is 6.99. The Hall–Kier alpha value is 0.0900. The highest BCUT2D eigenvalue weighted by molar-refractivity contribution is 9.10. The molecule has 0 amide bonds. The first-order valence-electron chi connectivity index (χ1n) is 3.51. The molecule has 0 fully saturated rings. The van der Waals surface area contributed by atoms with Crippen molar-refractivity contribution in [2.45, 2.75) is 4.90 Å². The molecule has 0 aliphatic heterocycles. The van der Waals surface area contributed by atoms with Crippen LogP contribution in [0.1, 0.15) is 0 Å². The van der Waals surface area contributed by atoms with Gasteiger partial charge in [-0.05, 0) is 15.9 Å². The van der Waals surface area contributed by atoms with Crippen LogP contribution < -0.4 is 0 Å². The smallest absolute Gasteiger partial charge is 0.182 e. The minimum Gasteiger partial charge on any atom is -0.384 e. The van der Waals surface area contributed by atoms with E-state index in [-0.39, 0.29) is 12.4 Å². The van der Waals surface area contributed by atoms with Crippen LogP contribution in [0.4, 0.5) is 0 Å². The van der Waals surface area contributed by atoms with Gasteiger partial charge in [0, 0.05) is 22.3 Å². The van der Waals surface area contributed by atoms with Crippen molar-refractivity contribution < 1.29 is 13.2 Å². The molecule has 0 atom stereocenters. The molecule has 0 aromatic carbocycles. The lowest BCUT2D eigenvalue weighted by molar-refractivity contribution is 0.217. The van der Waals surface area contributed by atoms with Gasteiger partial charge >= 0.3 is 0 Å². The van der Waals surface area contributed by atoms with E-state index in [0.717, 1.165) is 0 Å². The third kappa shape index (κ3) is 2.77. The predicted molar refractivity (Wildman–Crippen MR) is 55.9 cm³/mol. The van der Waals surface area contributed by atoms with Crippen molar-refractivity contribution in [1.29, 1.82) is 0 Å². The van der Waals surface area contributed by atoms with Crippen molar-refractivity contribution in [3.8, 4) is 0 Å². The molecule has 3 nitrogen and oxygen atoms in total. The van der Waals surface area contributed by atoms with Crippen molar-refractivity contribution in [3.63, 3.8) is 0 Å². The summed E-state index contributed by atoms with van der Waals surface area (Å²) in [5.74, 6) is 0.0266. The predicted octanol–water partition coefficient (Wildman–Crippen LogP) is 1.93. The van der Waals surface area contributed by atoms with Crippen molar-refractivity contribution in [3.05, 3.63) is 15.2 Å². The van der Waals surface area contributed by atoms with Crippen LogP contribution in [0.3, 0.4) is 0 Å². The maximum Gasteiger partial charge on any atom is 0.182 e. The van der Waals surface area contributed by atoms with Gasteiger partial charge in [0.1, 0.15) is 0 Å². The number of hydrogen-bond acceptors (Lipinski definition) is 4. The Morgan fingerprint density at radius 1 is 1.54 bits per heavy atom. The summed E-state index contributed by atoms with van der Waals surface area (Å²) < 4.78 is 28.5. The van der Waals surface area contributed by atoms with Gasteiger partial charge < -0.3 is 4.74 Å². The molecule has 1 aromatic rings. The van der Waals surface area contributed by atoms with Crippen LogP contribution in [0.15, 0.2) is 20.1 Å². The molecule has 0 unspecified atom stereocenters. The number of ether oxygens (including phenoxy) is 1. The lowest BCUT2D eigenvalue weighted by Crippen LogP contribution is -2.11. The summed E-state index contributed by atoms with van der Waals surface area (Å²) >= 11 is 4.54. The summed E-state index contributed by atoms with van der Waals surface area (Å²) in [4.78, 5) is 0.356. The molecule has 0 radical (unpaired) electrons. The molecule has 6 heteroatoms. The Morgan fingerprint density at radius 3 is 2.69 bits per heavy atom. The molecule has 0 saturated heterocycles. The molecule has 1 rings (SSSR count). The summed E-state index contributed by atoms with van der Waals surface area (Å²) in [6, 6.07) is 0. The SMILES string of the molecule is COCCS(=O)(=O)c1cscc1Br. The highest BCUT2D eigenvalue weighted by atomic mass is 79.9. The first-order chi connectivity index (χ1) is 6.08. The molecule has 1 heterocycles. The van der Waals surface area contributed by atoms with Gasteiger partial charge in [-0.1, -0.05) is 0 Å². The number of rotatable bonds is 4. The summed E-state index contributed by atoms with van der Waals surface area (Å²) in [7, 11) is -1.69. The maximum atomic E-state index is 11.6. The van der Waals surface area contributed by atoms with E-state index in [0.29, 0.717) is 9.37 Å². The molecule has 0 N–H and O–H groups in total. The van der Waals surface area contributed by atoms with Crippen LogP contribution in [0.5, 0.6) is 0 Å². The van der Waals surface area contributed by atoms with Gasteiger partial charge in [0.2, 0.25) is 0 Å². The van der Waals surface area contributed by atoms with E-state index in [2.05, 4.69) is 15.9 Å². The van der Waals surface area contributed by atoms with Crippen molar-refractivity contribution in [1.82, 2.24) is 0 Å². The van der Waals surface area contributed by atoms with Crippen molar-refractivity contribution in [2.75, 3.05) is 19.5 Å². The standard InChI is InChI=1S/C7H9BrO3S2/c1-11-2-3-13(9,10)7-5-12-4-6(7)8/h4-5H,2-3H2,1H3. The summed E-state index contributed by atoms with van der Waals surface area (Å²) in [5, 5.41) is 3.37. The molecule has 74 valence electrons. The van der Waals surface area contributed by atoms with E-state index in [1.807, 2.05) is 0 Å². The van der Waals surface area contributed by atoms with Gasteiger partial charge in [-0.25, -0.2) is 8.42 Å². The first-order valence-corrected chi connectivity index (χ1v) is 6.90. The maximum absolute atomic E-state index is 11.6. The zero-order valence-corrected chi connectivity index (χ0v) is 10.2. The lowest BCUT2D eigenvalue weighted by Gasteiger charge is -2.01. The number of hydrogen-bond donors (Lipinski definition) is 0. The van der Waals surface area contributed by atoms with Crippen LogP contribution in [0.2, 0.25) is 0 Å². The highest BCUT2D eigenvalue weighted by Gasteiger charge is 2.17. The van der Waals surface area contributed by atoms with Crippen molar-refractivity contribution >= 4 is 37.1 Å². The molecular weight excluding hydrogens is 276 g/mol. The average molecular weight is 285 g/mol. The summed E-state index contributed by atoms with van der Waals surface area (Å²) in [6.07, 6.45) is 0. The Labute approximate surface area is 89.8 Å². The second kappa shape index (κ2) is 4.54. The van der Waals surface area contributed by atoms with Crippen LogP contribution in [-0.4, -0.2) is 27.9 Å². The minimum atomic E-state index is -3.17. The third-order valence-corrected chi connectivity index (χ3v) is 5.30. The second-order valence-electron chi connectivity index (χ2n) is 2.40. The summed E-state index contributed by atoms with van der Waals surface area (Å²) in [6.45, 7) is 0.227. The van der Waals surface area contributed by atoms with E-state index in [1.54, 1.807) is 10.8 Å². The molecule has 0 spiro atoms. The molecule has 0 saturated carbocycles. The molecular formula is C7H9BrO3S2. The Balaban J connectivity index is 2.88. The van der Waals surface area contributed by atoms with Gasteiger partial charge in [-0.3, -0.25) is 0 Å². The van der Waals surface area contributed by atoms with Crippen LogP contribution in [0.25, 0.3) is 0 Å². The molecule has 1 aromatic heterocycles. The fourth-order valence-corrected chi connectivity index (χ4v) is 4.48. The minimum absolute atomic E-state index is 0.0266. The fraction of sp³-hybridized carbons (Fsp3) is 0.429. The lowest BCUT2D eigenvalue weighted by atomic mass is 10.7. The first kappa shape index (κ1) is 11.2. The second-order valence-corrected chi connectivity index (χ2v) is 6.07. The van der Waals surface area contributed by atoms with Crippen molar-refractivity contribution in [2.24, 2.45) is 0 Å². The van der Waals surface area contributed by atoms with Gasteiger partial charge in [0.05, 0.1) is 17.3 Å². The van der Waals surface area contributed by atoms with E-state index in [1.165, 1.54) is 18.4 Å². The molecule has 13 heavy (non-hydrogen) atoms. The number of methoxy groups -OCH3 is 1. The van der Waals surface area contributed by atoms with E-state index in [4.69, 9.17) is 4.74 Å². The van der Waals surface area contributed by atoms with Crippen LogP contribution >= 0.6 is 27.3 Å². The van der Waals surface area contributed by atoms with E-state index >= 15 is 0 Å². The quantitative estimate of drug-likeness (QED) is 0.849. The number of thiophene rings is 1. The van der Waals surface area contributed by atoms with E-state index in [9.17, 15) is 8.42 Å². The van der Waals surface area contributed by atoms with Gasteiger partial charge in [0.25, 0.3) is 0 Å². The van der Waals surface area contributed by atoms with Crippen LogP contribution in [0, 0.1) is 0 Å². The van der Waals surface area contributed by atoms with Gasteiger partial charge in [0.15, 0.2) is 9.84 Å². The Bertz CT molecular complexity index is 369. The molecule has 0 aliphatic rings. The molecule has 0 bridgehead atoms. The number of halogens is 1. The topological polar surface area (TPSA) is 43.4 Å². The largest absolute Gasteiger partial charge is 0.384 e. The normalized spacial score (nSPS) is 11.8. The number of sulfone groups is 1. The molecule has 0 aliphatic carbocycles. The Morgan fingerprint density at radius 2 is 2.23 bits per heavy atom. The monoisotopic (exact) mass is 284 g/mol. The van der Waals surface area contributed by atoms with Gasteiger partial charge in [-0.15, -0.1) is 11.3 Å².